The van der Waals surface area contributed by atoms with Gasteiger partial charge in [-0.15, -0.1) is 9.42 Å². The van der Waals surface area contributed by atoms with E-state index in [0.29, 0.717) is 6.61 Å². The fourth-order valence-electron chi connectivity index (χ4n) is 2.35. The molecular weight excluding hydrogens is 459 g/mol. The molecule has 0 amide bonds. The fraction of sp³-hybridized carbons (Fsp3) is 0.647. The number of unbranched alkanes of at least 4 members (excludes halogenated alkanes) is 8. The molecule has 0 heterocycles. The zero-order valence-corrected chi connectivity index (χ0v) is 18.0. The largest absolute Gasteiger partial charge is 0.694 e. The van der Waals surface area contributed by atoms with E-state index in [1.807, 2.05) is 18.2 Å². The molecule has 1 aromatic carbocycles. The molecule has 24 heavy (non-hydrogen) atoms. The van der Waals surface area contributed by atoms with Gasteiger partial charge < -0.3 is 4.74 Å². The highest BCUT2D eigenvalue weighted by atomic mass is 79.9. The Labute approximate surface area is 162 Å². The molecule has 0 aliphatic rings. The molecule has 0 bridgehead atoms. The van der Waals surface area contributed by atoms with Gasteiger partial charge in [0.15, 0.2) is 0 Å². The summed E-state index contributed by atoms with van der Waals surface area (Å²) in [7, 11) is -2.42. The molecule has 136 valence electrons. The third-order valence-electron chi connectivity index (χ3n) is 3.64. The van der Waals surface area contributed by atoms with Crippen molar-refractivity contribution in [2.45, 2.75) is 57.8 Å². The number of halogens is 2. The van der Waals surface area contributed by atoms with Crippen molar-refractivity contribution in [3.05, 3.63) is 27.1 Å². The molecule has 0 aliphatic carbocycles. The summed E-state index contributed by atoms with van der Waals surface area (Å²) in [5.74, 6) is 0.888. The molecule has 1 unspecified atom stereocenters. The lowest BCUT2D eigenvalue weighted by Gasteiger charge is -2.08. The van der Waals surface area contributed by atoms with E-state index in [1.54, 1.807) is 0 Å². The maximum Gasteiger partial charge on any atom is 0.694 e. The SMILES string of the molecule is O=[P+](O)OCCCCCCCCCCCOc1cc(Br)ccc1Br. The van der Waals surface area contributed by atoms with Crippen LogP contribution in [0.25, 0.3) is 0 Å². The van der Waals surface area contributed by atoms with Crippen LogP contribution >= 0.6 is 40.1 Å². The minimum Gasteiger partial charge on any atom is -0.492 e. The van der Waals surface area contributed by atoms with E-state index in [4.69, 9.17) is 9.63 Å². The molecule has 0 aliphatic heterocycles. The van der Waals surface area contributed by atoms with Gasteiger partial charge in [0, 0.05) is 9.04 Å². The monoisotopic (exact) mass is 483 g/mol. The molecule has 0 radical (unpaired) electrons. The normalized spacial score (nSPS) is 11.5. The van der Waals surface area contributed by atoms with Crippen LogP contribution in [0.2, 0.25) is 0 Å². The molecule has 0 saturated carbocycles. The highest BCUT2D eigenvalue weighted by Crippen LogP contribution is 2.28. The van der Waals surface area contributed by atoms with Crippen LogP contribution < -0.4 is 4.74 Å². The number of hydrogen-bond acceptors (Lipinski definition) is 3. The van der Waals surface area contributed by atoms with Crippen LogP contribution in [0.5, 0.6) is 5.75 Å². The van der Waals surface area contributed by atoms with Crippen molar-refractivity contribution in [2.75, 3.05) is 13.2 Å². The van der Waals surface area contributed by atoms with Crippen LogP contribution in [0.1, 0.15) is 57.8 Å². The van der Waals surface area contributed by atoms with Crippen molar-refractivity contribution in [3.63, 3.8) is 0 Å². The predicted octanol–water partition coefficient (Wildman–Crippen LogP) is 6.77. The van der Waals surface area contributed by atoms with Crippen molar-refractivity contribution in [1.29, 1.82) is 0 Å². The molecule has 1 aromatic rings. The highest BCUT2D eigenvalue weighted by Gasteiger charge is 2.09. The van der Waals surface area contributed by atoms with E-state index >= 15 is 0 Å². The molecule has 0 fully saturated rings. The maximum atomic E-state index is 10.3. The van der Waals surface area contributed by atoms with Gasteiger partial charge in [-0.2, -0.15) is 0 Å². The summed E-state index contributed by atoms with van der Waals surface area (Å²) < 4.78 is 22.7. The standard InChI is InChI=1S/C17H25Br2O4P/c18-15-10-11-16(19)17(14-15)22-12-8-6-4-2-1-3-5-7-9-13-23-24(20)21/h10-11,14H,1-9,12-13H2/p+1. The Hall–Kier alpha value is -0.000000000000000111. The summed E-state index contributed by atoms with van der Waals surface area (Å²) in [4.78, 5) is 8.48. The summed E-state index contributed by atoms with van der Waals surface area (Å²) in [5.41, 5.74) is 0. The second kappa shape index (κ2) is 14.2. The van der Waals surface area contributed by atoms with E-state index in [0.717, 1.165) is 40.6 Å². The van der Waals surface area contributed by atoms with Crippen LogP contribution in [-0.2, 0) is 9.09 Å². The lowest BCUT2D eigenvalue weighted by atomic mass is 10.1. The lowest BCUT2D eigenvalue weighted by Crippen LogP contribution is -1.98. The van der Waals surface area contributed by atoms with Gasteiger partial charge in [-0.05, 0) is 47.0 Å². The number of ether oxygens (including phenoxy) is 1. The minimum absolute atomic E-state index is 0.389. The Morgan fingerprint density at radius 1 is 0.875 bits per heavy atom. The van der Waals surface area contributed by atoms with Crippen molar-refractivity contribution in [2.24, 2.45) is 0 Å². The maximum absolute atomic E-state index is 10.3. The summed E-state index contributed by atoms with van der Waals surface area (Å²) in [6, 6.07) is 5.95. The van der Waals surface area contributed by atoms with Crippen molar-refractivity contribution < 1.29 is 18.7 Å². The second-order valence-corrected chi connectivity index (χ2v) is 8.18. The van der Waals surface area contributed by atoms with E-state index in [2.05, 4.69) is 36.4 Å². The van der Waals surface area contributed by atoms with Crippen LogP contribution in [0, 0.1) is 0 Å². The average molecular weight is 485 g/mol. The molecule has 7 heteroatoms. The van der Waals surface area contributed by atoms with Gasteiger partial charge >= 0.3 is 8.25 Å². The Balaban J connectivity index is 1.87. The summed E-state index contributed by atoms with van der Waals surface area (Å²) in [6.07, 6.45) is 10.4. The fourth-order valence-corrected chi connectivity index (χ4v) is 3.34. The first-order valence-electron chi connectivity index (χ1n) is 8.46. The zero-order valence-electron chi connectivity index (χ0n) is 13.9. The molecule has 1 rings (SSSR count). The Bertz CT molecular complexity index is 486. The van der Waals surface area contributed by atoms with Crippen LogP contribution in [-0.4, -0.2) is 18.1 Å². The second-order valence-electron chi connectivity index (χ2n) is 5.68. The van der Waals surface area contributed by atoms with Crippen LogP contribution in [0.4, 0.5) is 0 Å². The van der Waals surface area contributed by atoms with Crippen LogP contribution in [0.3, 0.4) is 0 Å². The first kappa shape index (κ1) is 22.0. The molecular formula is C17H26Br2O4P+. The molecule has 0 spiro atoms. The topological polar surface area (TPSA) is 55.8 Å². The average Bonchev–Trinajstić information content (AvgIpc) is 2.54. The third kappa shape index (κ3) is 11.5. The van der Waals surface area contributed by atoms with E-state index < -0.39 is 8.25 Å². The van der Waals surface area contributed by atoms with Crippen LogP contribution in [0.15, 0.2) is 27.1 Å². The minimum atomic E-state index is -2.42. The molecule has 0 saturated heterocycles. The van der Waals surface area contributed by atoms with E-state index in [9.17, 15) is 4.57 Å². The van der Waals surface area contributed by atoms with E-state index in [-0.39, 0.29) is 0 Å². The van der Waals surface area contributed by atoms with Crippen molar-refractivity contribution >= 4 is 40.1 Å². The number of benzene rings is 1. The smallest absolute Gasteiger partial charge is 0.492 e. The number of hydrogen-bond donors (Lipinski definition) is 1. The predicted molar refractivity (Wildman–Crippen MR) is 105 cm³/mol. The first-order valence-corrected chi connectivity index (χ1v) is 11.2. The van der Waals surface area contributed by atoms with Gasteiger partial charge in [-0.3, -0.25) is 0 Å². The molecule has 1 N–H and O–H groups in total. The quantitative estimate of drug-likeness (QED) is 0.234. The van der Waals surface area contributed by atoms with Gasteiger partial charge in [0.1, 0.15) is 12.4 Å². The molecule has 1 atom stereocenters. The lowest BCUT2D eigenvalue weighted by molar-refractivity contribution is 0.273. The highest BCUT2D eigenvalue weighted by molar-refractivity contribution is 9.11. The summed E-state index contributed by atoms with van der Waals surface area (Å²) in [5, 5.41) is 0. The van der Waals surface area contributed by atoms with E-state index in [1.165, 1.54) is 38.5 Å². The Morgan fingerprint density at radius 3 is 2.00 bits per heavy atom. The van der Waals surface area contributed by atoms with Crippen molar-refractivity contribution in [1.82, 2.24) is 0 Å². The van der Waals surface area contributed by atoms with Gasteiger partial charge in [0.2, 0.25) is 0 Å². The molecule has 0 aromatic heterocycles. The third-order valence-corrected chi connectivity index (χ3v) is 5.19. The van der Waals surface area contributed by atoms with Gasteiger partial charge in [-0.1, -0.05) is 60.9 Å². The molecule has 4 nitrogen and oxygen atoms in total. The van der Waals surface area contributed by atoms with Gasteiger partial charge in [0.05, 0.1) is 11.1 Å². The van der Waals surface area contributed by atoms with Gasteiger partial charge in [-0.25, -0.2) is 0 Å². The first-order chi connectivity index (χ1) is 11.6. The summed E-state index contributed by atoms with van der Waals surface area (Å²) in [6.45, 7) is 1.14. The number of rotatable bonds is 14. The van der Waals surface area contributed by atoms with Crippen molar-refractivity contribution in [3.8, 4) is 5.75 Å². The van der Waals surface area contributed by atoms with Gasteiger partial charge in [0.25, 0.3) is 0 Å². The Morgan fingerprint density at radius 2 is 1.42 bits per heavy atom. The Kier molecular flexibility index (Phi) is 13.0. The zero-order chi connectivity index (χ0) is 17.6. The summed E-state index contributed by atoms with van der Waals surface area (Å²) >= 11 is 6.94.